The molecule has 0 aliphatic carbocycles. The number of nitrogens with one attached hydrogen (secondary N) is 1. The van der Waals surface area contributed by atoms with E-state index in [0.717, 1.165) is 28.7 Å². The molecule has 0 spiro atoms. The third-order valence-corrected chi connectivity index (χ3v) is 4.85. The molecule has 0 unspecified atom stereocenters. The largest absolute Gasteiger partial charge is 0.399 e. The van der Waals surface area contributed by atoms with E-state index >= 15 is 0 Å². The molecule has 3 nitrogen and oxygen atoms in total. The number of carbonyl (C=O) groups is 1. The molecule has 3 N–H and O–H groups in total. The molecule has 0 aliphatic rings. The normalized spacial score (nSPS) is 10.0. The van der Waals surface area contributed by atoms with E-state index in [4.69, 9.17) is 5.73 Å². The third-order valence-electron chi connectivity index (χ3n) is 3.17. The van der Waals surface area contributed by atoms with Crippen molar-refractivity contribution in [2.24, 2.45) is 0 Å². The monoisotopic (exact) mass is 402 g/mol. The first-order chi connectivity index (χ1) is 10.1. The van der Waals surface area contributed by atoms with Crippen LogP contribution >= 0.6 is 39.7 Å². The van der Waals surface area contributed by atoms with Gasteiger partial charge in [-0.3, -0.25) is 4.79 Å². The number of benzene rings is 1. The summed E-state index contributed by atoms with van der Waals surface area (Å²) < 4.78 is 1.14. The van der Waals surface area contributed by atoms with Crippen LogP contribution in [-0.4, -0.2) is 12.5 Å². The topological polar surface area (TPSA) is 55.1 Å². The van der Waals surface area contributed by atoms with Gasteiger partial charge in [0.25, 0.3) is 0 Å². The van der Waals surface area contributed by atoms with Gasteiger partial charge in [-0.2, -0.15) is 0 Å². The van der Waals surface area contributed by atoms with Crippen molar-refractivity contribution in [1.29, 1.82) is 0 Å². The van der Waals surface area contributed by atoms with Crippen molar-refractivity contribution >= 4 is 51.3 Å². The van der Waals surface area contributed by atoms with Gasteiger partial charge in [0.2, 0.25) is 5.91 Å². The van der Waals surface area contributed by atoms with E-state index in [1.807, 2.05) is 30.3 Å². The number of thiophene rings is 1. The fourth-order valence-electron chi connectivity index (χ4n) is 2.03. The van der Waals surface area contributed by atoms with Crippen LogP contribution in [0.2, 0.25) is 0 Å². The Hall–Kier alpha value is -1.04. The lowest BCUT2D eigenvalue weighted by Gasteiger charge is -2.05. The van der Waals surface area contributed by atoms with Crippen molar-refractivity contribution in [2.45, 2.75) is 25.7 Å². The fraction of sp³-hybridized carbons (Fsp3) is 0.312. The Bertz CT molecular complexity index is 586. The predicted octanol–water partition coefficient (Wildman–Crippen LogP) is 4.20. The number of nitrogen functional groups attached to an aromatic ring is 1. The summed E-state index contributed by atoms with van der Waals surface area (Å²) in [4.78, 5) is 13.1. The number of hydrogen-bond donors (Lipinski definition) is 2. The van der Waals surface area contributed by atoms with Crippen LogP contribution in [0.5, 0.6) is 0 Å². The van der Waals surface area contributed by atoms with Gasteiger partial charge in [0.15, 0.2) is 0 Å². The molecule has 2 rings (SSSR count). The molecule has 1 aromatic carbocycles. The van der Waals surface area contributed by atoms with Crippen LogP contribution in [0.25, 0.3) is 0 Å². The molecular formula is C16H20BrClN2OS. The van der Waals surface area contributed by atoms with Crippen LogP contribution in [0.3, 0.4) is 0 Å². The van der Waals surface area contributed by atoms with E-state index in [1.165, 1.54) is 10.4 Å². The Morgan fingerprint density at radius 2 is 1.86 bits per heavy atom. The summed E-state index contributed by atoms with van der Waals surface area (Å²) in [6.07, 6.45) is 3.27. The quantitative estimate of drug-likeness (QED) is 0.681. The van der Waals surface area contributed by atoms with Crippen LogP contribution in [0, 0.1) is 0 Å². The molecule has 1 amide bonds. The Morgan fingerprint density at radius 3 is 2.50 bits per heavy atom. The zero-order valence-corrected chi connectivity index (χ0v) is 15.4. The Labute approximate surface area is 149 Å². The molecule has 0 saturated carbocycles. The van der Waals surface area contributed by atoms with Crippen LogP contribution in [-0.2, 0) is 17.6 Å². The lowest BCUT2D eigenvalue weighted by molar-refractivity contribution is -0.121. The van der Waals surface area contributed by atoms with E-state index in [1.54, 1.807) is 11.3 Å². The molecule has 1 heterocycles. The van der Waals surface area contributed by atoms with E-state index < -0.39 is 0 Å². The second-order valence-corrected chi connectivity index (χ2v) is 7.45. The molecule has 0 aliphatic heterocycles. The molecule has 0 radical (unpaired) electrons. The number of hydrogen-bond acceptors (Lipinski definition) is 3. The van der Waals surface area contributed by atoms with Crippen molar-refractivity contribution in [3.63, 3.8) is 0 Å². The number of nitrogens with two attached hydrogens (primary N) is 1. The predicted molar refractivity (Wildman–Crippen MR) is 99.8 cm³/mol. The Kier molecular flexibility index (Phi) is 8.53. The van der Waals surface area contributed by atoms with Gasteiger partial charge in [-0.05, 0) is 65.0 Å². The lowest BCUT2D eigenvalue weighted by Crippen LogP contribution is -2.25. The molecule has 0 atom stereocenters. The standard InChI is InChI=1S/C16H19BrN2OS.ClH/c17-15-9-8-14(21-15)2-1-3-16(20)19-11-10-12-4-6-13(18)7-5-12;/h4-9H,1-3,10-11,18H2,(H,19,20);1H. The number of aryl methyl sites for hydroxylation is 1. The highest BCUT2D eigenvalue weighted by atomic mass is 79.9. The Morgan fingerprint density at radius 1 is 1.14 bits per heavy atom. The van der Waals surface area contributed by atoms with Gasteiger partial charge in [-0.1, -0.05) is 12.1 Å². The minimum absolute atomic E-state index is 0. The van der Waals surface area contributed by atoms with Crippen LogP contribution in [0.1, 0.15) is 23.3 Å². The summed E-state index contributed by atoms with van der Waals surface area (Å²) in [5.74, 6) is 0.126. The van der Waals surface area contributed by atoms with Gasteiger partial charge < -0.3 is 11.1 Å². The number of carbonyl (C=O) groups excluding carboxylic acids is 1. The average molecular weight is 404 g/mol. The summed E-state index contributed by atoms with van der Waals surface area (Å²) in [7, 11) is 0. The third kappa shape index (κ3) is 6.81. The summed E-state index contributed by atoms with van der Waals surface area (Å²) in [6, 6.07) is 11.9. The first-order valence-electron chi connectivity index (χ1n) is 6.99. The van der Waals surface area contributed by atoms with Gasteiger partial charge in [0.05, 0.1) is 3.79 Å². The van der Waals surface area contributed by atoms with Crippen molar-refractivity contribution in [3.8, 4) is 0 Å². The first kappa shape index (κ1) is 19.0. The maximum Gasteiger partial charge on any atom is 0.220 e. The maximum absolute atomic E-state index is 11.7. The second-order valence-electron chi connectivity index (χ2n) is 4.90. The number of halogens is 2. The number of rotatable bonds is 7. The van der Waals surface area contributed by atoms with Crippen molar-refractivity contribution < 1.29 is 4.79 Å². The van der Waals surface area contributed by atoms with E-state index in [0.29, 0.717) is 13.0 Å². The van der Waals surface area contributed by atoms with Crippen LogP contribution < -0.4 is 11.1 Å². The lowest BCUT2D eigenvalue weighted by atomic mass is 10.1. The molecule has 120 valence electrons. The minimum atomic E-state index is 0. The molecule has 1 aromatic heterocycles. The van der Waals surface area contributed by atoms with Gasteiger partial charge in [-0.25, -0.2) is 0 Å². The van der Waals surface area contributed by atoms with Gasteiger partial charge in [-0.15, -0.1) is 23.7 Å². The molecule has 0 fully saturated rings. The molecule has 2 aromatic rings. The van der Waals surface area contributed by atoms with Gasteiger partial charge in [0, 0.05) is 23.5 Å². The van der Waals surface area contributed by atoms with Gasteiger partial charge >= 0.3 is 0 Å². The molecular weight excluding hydrogens is 384 g/mol. The molecule has 0 saturated heterocycles. The van der Waals surface area contributed by atoms with E-state index in [2.05, 4.69) is 27.3 Å². The zero-order valence-electron chi connectivity index (χ0n) is 12.2. The SMILES string of the molecule is Cl.Nc1ccc(CCNC(=O)CCCc2ccc(Br)s2)cc1. The number of amides is 1. The van der Waals surface area contributed by atoms with E-state index in [9.17, 15) is 4.79 Å². The molecule has 0 bridgehead atoms. The summed E-state index contributed by atoms with van der Waals surface area (Å²) in [5, 5.41) is 2.96. The highest BCUT2D eigenvalue weighted by Gasteiger charge is 2.03. The second kappa shape index (κ2) is 9.87. The van der Waals surface area contributed by atoms with Gasteiger partial charge in [0.1, 0.15) is 0 Å². The highest BCUT2D eigenvalue weighted by molar-refractivity contribution is 9.11. The van der Waals surface area contributed by atoms with Crippen molar-refractivity contribution in [3.05, 3.63) is 50.6 Å². The zero-order chi connectivity index (χ0) is 15.1. The minimum Gasteiger partial charge on any atom is -0.399 e. The number of anilines is 1. The first-order valence-corrected chi connectivity index (χ1v) is 8.60. The van der Waals surface area contributed by atoms with E-state index in [-0.39, 0.29) is 18.3 Å². The summed E-state index contributed by atoms with van der Waals surface area (Å²) in [5.41, 5.74) is 7.59. The highest BCUT2D eigenvalue weighted by Crippen LogP contribution is 2.23. The van der Waals surface area contributed by atoms with Crippen LogP contribution in [0.15, 0.2) is 40.2 Å². The smallest absolute Gasteiger partial charge is 0.220 e. The van der Waals surface area contributed by atoms with Crippen molar-refractivity contribution in [1.82, 2.24) is 5.32 Å². The molecule has 6 heteroatoms. The average Bonchev–Trinajstić information content (AvgIpc) is 2.87. The summed E-state index contributed by atoms with van der Waals surface area (Å²) >= 11 is 5.18. The van der Waals surface area contributed by atoms with Crippen LogP contribution in [0.4, 0.5) is 5.69 Å². The summed E-state index contributed by atoms with van der Waals surface area (Å²) in [6.45, 7) is 0.674. The Balaban J connectivity index is 0.00000242. The van der Waals surface area contributed by atoms with Crippen molar-refractivity contribution in [2.75, 3.05) is 12.3 Å². The fourth-order valence-corrected chi connectivity index (χ4v) is 3.55. The maximum atomic E-state index is 11.7. The molecule has 22 heavy (non-hydrogen) atoms.